The molecule has 1 atom stereocenters. The molecule has 2 amide bonds. The number of ether oxygens (including phenoxy) is 3. The van der Waals surface area contributed by atoms with Crippen molar-refractivity contribution < 1.29 is 23.8 Å². The highest BCUT2D eigenvalue weighted by Gasteiger charge is 2.34. The van der Waals surface area contributed by atoms with Gasteiger partial charge in [-0.2, -0.15) is 0 Å². The number of methoxy groups -OCH3 is 2. The largest absolute Gasteiger partial charge is 0.493 e. The highest BCUT2D eigenvalue weighted by Crippen LogP contribution is 2.35. The van der Waals surface area contributed by atoms with E-state index in [9.17, 15) is 9.59 Å². The smallest absolute Gasteiger partial charge is 0.249 e. The molecule has 1 aliphatic heterocycles. The van der Waals surface area contributed by atoms with Gasteiger partial charge in [-0.1, -0.05) is 12.1 Å². The third-order valence-electron chi connectivity index (χ3n) is 5.40. The molecule has 8 heteroatoms. The topological polar surface area (TPSA) is 68.3 Å². The average Bonchev–Trinajstić information content (AvgIpc) is 3.24. The van der Waals surface area contributed by atoms with Crippen LogP contribution in [-0.2, 0) is 20.7 Å². The number of benzene rings is 1. The standard InChI is InChI=1S/C23H30N2O5S/c1-16(2)25(23(27)15-28-3)13-22(26)24-11-9-21-17(10-12-31-21)18(24)14-30-20-8-6-5-7-19(20)29-4/h5-8,10,12,16,18H,9,11,13-15H2,1-4H3/t18-/m1/s1. The lowest BCUT2D eigenvalue weighted by Crippen LogP contribution is -2.50. The minimum atomic E-state index is -0.223. The summed E-state index contributed by atoms with van der Waals surface area (Å²) >= 11 is 1.70. The van der Waals surface area contributed by atoms with E-state index in [-0.39, 0.29) is 37.0 Å². The second-order valence-electron chi connectivity index (χ2n) is 7.66. The third kappa shape index (κ3) is 5.37. The van der Waals surface area contributed by atoms with E-state index in [0.29, 0.717) is 24.7 Å². The normalized spacial score (nSPS) is 15.5. The fourth-order valence-corrected chi connectivity index (χ4v) is 4.71. The molecule has 2 aromatic rings. The molecule has 168 valence electrons. The van der Waals surface area contributed by atoms with Crippen LogP contribution in [0.2, 0.25) is 0 Å². The Morgan fingerprint density at radius 1 is 1.19 bits per heavy atom. The summed E-state index contributed by atoms with van der Waals surface area (Å²) in [6.45, 7) is 4.68. The van der Waals surface area contributed by atoms with E-state index < -0.39 is 0 Å². The Morgan fingerprint density at radius 3 is 2.61 bits per heavy atom. The van der Waals surface area contributed by atoms with Gasteiger partial charge in [-0.3, -0.25) is 9.59 Å². The van der Waals surface area contributed by atoms with E-state index in [1.807, 2.05) is 43.0 Å². The lowest BCUT2D eigenvalue weighted by molar-refractivity contribution is -0.146. The first-order chi connectivity index (χ1) is 15.0. The molecule has 2 heterocycles. The predicted octanol–water partition coefficient (Wildman–Crippen LogP) is 3.14. The maximum Gasteiger partial charge on any atom is 0.249 e. The first-order valence-electron chi connectivity index (χ1n) is 10.4. The van der Waals surface area contributed by atoms with Crippen molar-refractivity contribution in [2.75, 3.05) is 40.5 Å². The fraction of sp³-hybridized carbons (Fsp3) is 0.478. The number of nitrogens with zero attached hydrogens (tertiary/aromatic N) is 2. The summed E-state index contributed by atoms with van der Waals surface area (Å²) < 4.78 is 16.5. The zero-order valence-electron chi connectivity index (χ0n) is 18.5. The number of carbonyl (C=O) groups excluding carboxylic acids is 2. The molecular weight excluding hydrogens is 416 g/mol. The van der Waals surface area contributed by atoms with Crippen LogP contribution in [0.3, 0.4) is 0 Å². The van der Waals surface area contributed by atoms with E-state index in [1.165, 1.54) is 12.0 Å². The van der Waals surface area contributed by atoms with E-state index in [1.54, 1.807) is 23.3 Å². The number of amides is 2. The molecule has 7 nitrogen and oxygen atoms in total. The van der Waals surface area contributed by atoms with Crippen LogP contribution < -0.4 is 9.47 Å². The highest BCUT2D eigenvalue weighted by atomic mass is 32.1. The summed E-state index contributed by atoms with van der Waals surface area (Å²) in [5, 5.41) is 2.05. The van der Waals surface area contributed by atoms with Crippen LogP contribution in [0.1, 0.15) is 30.3 Å². The van der Waals surface area contributed by atoms with Gasteiger partial charge in [0.15, 0.2) is 11.5 Å². The van der Waals surface area contributed by atoms with Crippen molar-refractivity contribution >= 4 is 23.2 Å². The first kappa shape index (κ1) is 23.1. The monoisotopic (exact) mass is 446 g/mol. The van der Waals surface area contributed by atoms with Gasteiger partial charge in [-0.05, 0) is 49.4 Å². The second kappa shape index (κ2) is 10.6. The van der Waals surface area contributed by atoms with E-state index in [2.05, 4.69) is 11.4 Å². The molecule has 0 unspecified atom stereocenters. The van der Waals surface area contributed by atoms with E-state index in [4.69, 9.17) is 14.2 Å². The summed E-state index contributed by atoms with van der Waals surface area (Å²) in [5.74, 6) is 1.00. The Bertz CT molecular complexity index is 898. The van der Waals surface area contributed by atoms with Gasteiger partial charge in [0.25, 0.3) is 0 Å². The van der Waals surface area contributed by atoms with E-state index in [0.717, 1.165) is 12.0 Å². The van der Waals surface area contributed by atoms with Crippen molar-refractivity contribution in [3.63, 3.8) is 0 Å². The summed E-state index contributed by atoms with van der Waals surface area (Å²) in [5.41, 5.74) is 1.11. The Labute approximate surface area is 187 Å². The van der Waals surface area contributed by atoms with Crippen molar-refractivity contribution in [2.45, 2.75) is 32.4 Å². The number of rotatable bonds is 9. The summed E-state index contributed by atoms with van der Waals surface area (Å²) in [7, 11) is 3.08. The molecule has 0 spiro atoms. The van der Waals surface area contributed by atoms with Gasteiger partial charge in [0.05, 0.1) is 13.2 Å². The number of fused-ring (bicyclic) bond motifs is 1. The van der Waals surface area contributed by atoms with Crippen LogP contribution in [0.5, 0.6) is 11.5 Å². The van der Waals surface area contributed by atoms with Gasteiger partial charge >= 0.3 is 0 Å². The Balaban J connectivity index is 1.79. The number of hydrogen-bond donors (Lipinski definition) is 0. The molecule has 1 aromatic carbocycles. The van der Waals surface area contributed by atoms with Crippen molar-refractivity contribution in [3.8, 4) is 11.5 Å². The van der Waals surface area contributed by atoms with Crippen molar-refractivity contribution in [3.05, 3.63) is 46.2 Å². The number of carbonyl (C=O) groups is 2. The Morgan fingerprint density at radius 2 is 1.94 bits per heavy atom. The Kier molecular flexibility index (Phi) is 7.92. The number of hydrogen-bond acceptors (Lipinski definition) is 6. The molecule has 31 heavy (non-hydrogen) atoms. The minimum absolute atomic E-state index is 0.0183. The zero-order chi connectivity index (χ0) is 22.4. The van der Waals surface area contributed by atoms with Crippen molar-refractivity contribution in [1.82, 2.24) is 9.80 Å². The van der Waals surface area contributed by atoms with Crippen LogP contribution in [0.25, 0.3) is 0 Å². The van der Waals surface area contributed by atoms with Crippen LogP contribution in [0, 0.1) is 0 Å². The van der Waals surface area contributed by atoms with Gasteiger partial charge in [0.2, 0.25) is 11.8 Å². The van der Waals surface area contributed by atoms with Crippen LogP contribution >= 0.6 is 11.3 Å². The van der Waals surface area contributed by atoms with Crippen molar-refractivity contribution in [2.24, 2.45) is 0 Å². The maximum absolute atomic E-state index is 13.3. The summed E-state index contributed by atoms with van der Waals surface area (Å²) in [4.78, 5) is 30.4. The first-order valence-corrected chi connectivity index (χ1v) is 11.2. The van der Waals surface area contributed by atoms with Crippen molar-refractivity contribution in [1.29, 1.82) is 0 Å². The number of thiophene rings is 1. The molecule has 0 radical (unpaired) electrons. The quantitative estimate of drug-likeness (QED) is 0.592. The van der Waals surface area contributed by atoms with Gasteiger partial charge in [0.1, 0.15) is 19.8 Å². The molecule has 1 aliphatic rings. The molecule has 3 rings (SSSR count). The third-order valence-corrected chi connectivity index (χ3v) is 6.39. The van der Waals surface area contributed by atoms with Crippen LogP contribution in [0.15, 0.2) is 35.7 Å². The number of para-hydroxylation sites is 2. The summed E-state index contributed by atoms with van der Waals surface area (Å²) in [6, 6.07) is 9.21. The van der Waals surface area contributed by atoms with Crippen LogP contribution in [0.4, 0.5) is 0 Å². The molecule has 0 fully saturated rings. The molecule has 0 bridgehead atoms. The predicted molar refractivity (Wildman–Crippen MR) is 120 cm³/mol. The highest BCUT2D eigenvalue weighted by molar-refractivity contribution is 7.10. The fourth-order valence-electron chi connectivity index (χ4n) is 3.78. The lowest BCUT2D eigenvalue weighted by atomic mass is 10.0. The zero-order valence-corrected chi connectivity index (χ0v) is 19.3. The molecule has 0 saturated carbocycles. The molecule has 0 saturated heterocycles. The lowest BCUT2D eigenvalue weighted by Gasteiger charge is -2.37. The van der Waals surface area contributed by atoms with Gasteiger partial charge < -0.3 is 24.0 Å². The van der Waals surface area contributed by atoms with Crippen LogP contribution in [-0.4, -0.2) is 68.2 Å². The maximum atomic E-state index is 13.3. The molecule has 0 N–H and O–H groups in total. The second-order valence-corrected chi connectivity index (χ2v) is 8.66. The molecular formula is C23H30N2O5S. The van der Waals surface area contributed by atoms with E-state index >= 15 is 0 Å². The molecule has 1 aromatic heterocycles. The minimum Gasteiger partial charge on any atom is -0.493 e. The van der Waals surface area contributed by atoms with Gasteiger partial charge in [0, 0.05) is 24.6 Å². The van der Waals surface area contributed by atoms with Gasteiger partial charge in [-0.25, -0.2) is 0 Å². The van der Waals surface area contributed by atoms with Gasteiger partial charge in [-0.15, -0.1) is 11.3 Å². The molecule has 0 aliphatic carbocycles. The Hall–Kier alpha value is -2.58. The summed E-state index contributed by atoms with van der Waals surface area (Å²) in [6.07, 6.45) is 0.803. The SMILES string of the molecule is COCC(=O)N(CC(=O)N1CCc2sccc2[C@H]1COc1ccccc1OC)C(C)C. The average molecular weight is 447 g/mol.